The van der Waals surface area contributed by atoms with Crippen molar-refractivity contribution in [3.63, 3.8) is 0 Å². The van der Waals surface area contributed by atoms with Gasteiger partial charge >= 0.3 is 0 Å². The minimum Gasteiger partial charge on any atom is -0.355 e. The van der Waals surface area contributed by atoms with Crippen molar-refractivity contribution in [3.05, 3.63) is 65.2 Å². The highest BCUT2D eigenvalue weighted by molar-refractivity contribution is 6.01. The Labute approximate surface area is 137 Å². The molecule has 1 heterocycles. The normalized spacial score (nSPS) is 16.2. The van der Waals surface area contributed by atoms with Crippen LogP contribution in [0, 0.1) is 11.6 Å². The predicted octanol–water partition coefficient (Wildman–Crippen LogP) is 2.75. The summed E-state index contributed by atoms with van der Waals surface area (Å²) < 4.78 is 26.1. The number of amides is 2. The van der Waals surface area contributed by atoms with Gasteiger partial charge in [0.1, 0.15) is 11.6 Å². The molecule has 2 N–H and O–H groups in total. The van der Waals surface area contributed by atoms with E-state index in [0.29, 0.717) is 24.2 Å². The SMILES string of the molecule is O=C1CC(C(=O)NCCc2ccc(F)cc2)c2ccc(F)cc2N1. The van der Waals surface area contributed by atoms with Crippen molar-refractivity contribution >= 4 is 17.5 Å². The Hall–Kier alpha value is -2.76. The molecule has 0 bridgehead atoms. The molecule has 4 nitrogen and oxygen atoms in total. The molecule has 0 radical (unpaired) electrons. The van der Waals surface area contributed by atoms with Crippen molar-refractivity contribution in [1.29, 1.82) is 0 Å². The van der Waals surface area contributed by atoms with Crippen molar-refractivity contribution in [2.75, 3.05) is 11.9 Å². The van der Waals surface area contributed by atoms with Gasteiger partial charge in [-0.25, -0.2) is 8.78 Å². The third-order valence-electron chi connectivity index (χ3n) is 4.00. The molecule has 1 unspecified atom stereocenters. The van der Waals surface area contributed by atoms with E-state index in [-0.39, 0.29) is 24.1 Å². The summed E-state index contributed by atoms with van der Waals surface area (Å²) in [6, 6.07) is 10.1. The topological polar surface area (TPSA) is 58.2 Å². The Morgan fingerprint density at radius 3 is 2.58 bits per heavy atom. The van der Waals surface area contributed by atoms with E-state index in [1.54, 1.807) is 12.1 Å². The second-order valence-corrected chi connectivity index (χ2v) is 5.70. The summed E-state index contributed by atoms with van der Waals surface area (Å²) in [7, 11) is 0. The summed E-state index contributed by atoms with van der Waals surface area (Å²) in [5.41, 5.74) is 1.85. The van der Waals surface area contributed by atoms with Gasteiger partial charge in [-0.1, -0.05) is 18.2 Å². The van der Waals surface area contributed by atoms with Gasteiger partial charge in [0.15, 0.2) is 0 Å². The number of halogens is 2. The second-order valence-electron chi connectivity index (χ2n) is 5.70. The molecule has 124 valence electrons. The maximum atomic E-state index is 13.3. The van der Waals surface area contributed by atoms with Gasteiger partial charge in [-0.3, -0.25) is 9.59 Å². The number of carbonyl (C=O) groups excluding carboxylic acids is 2. The third-order valence-corrected chi connectivity index (χ3v) is 4.00. The smallest absolute Gasteiger partial charge is 0.228 e. The largest absolute Gasteiger partial charge is 0.355 e. The average Bonchev–Trinajstić information content (AvgIpc) is 2.55. The first kappa shape index (κ1) is 16.1. The van der Waals surface area contributed by atoms with Gasteiger partial charge in [0.2, 0.25) is 11.8 Å². The van der Waals surface area contributed by atoms with Gasteiger partial charge in [0, 0.05) is 18.7 Å². The monoisotopic (exact) mass is 330 g/mol. The number of hydrogen-bond acceptors (Lipinski definition) is 2. The highest BCUT2D eigenvalue weighted by atomic mass is 19.1. The molecule has 1 atom stereocenters. The predicted molar refractivity (Wildman–Crippen MR) is 85.5 cm³/mol. The van der Waals surface area contributed by atoms with Crippen LogP contribution in [0.4, 0.5) is 14.5 Å². The number of nitrogens with one attached hydrogen (secondary N) is 2. The van der Waals surface area contributed by atoms with Gasteiger partial charge in [-0.15, -0.1) is 0 Å². The third kappa shape index (κ3) is 3.59. The number of rotatable bonds is 4. The first-order chi connectivity index (χ1) is 11.5. The Morgan fingerprint density at radius 2 is 1.83 bits per heavy atom. The van der Waals surface area contributed by atoms with Gasteiger partial charge in [0.05, 0.1) is 5.92 Å². The summed E-state index contributed by atoms with van der Waals surface area (Å²) in [4.78, 5) is 24.1. The first-order valence-electron chi connectivity index (χ1n) is 7.64. The van der Waals surface area contributed by atoms with Gasteiger partial charge in [-0.05, 0) is 41.8 Å². The summed E-state index contributed by atoms with van der Waals surface area (Å²) in [6.45, 7) is 0.374. The molecule has 24 heavy (non-hydrogen) atoms. The number of benzene rings is 2. The van der Waals surface area contributed by atoms with E-state index < -0.39 is 11.7 Å². The van der Waals surface area contributed by atoms with E-state index in [1.165, 1.54) is 30.3 Å². The maximum absolute atomic E-state index is 13.3. The van der Waals surface area contributed by atoms with Crippen LogP contribution in [0.25, 0.3) is 0 Å². The zero-order valence-electron chi connectivity index (χ0n) is 12.8. The minimum atomic E-state index is -0.637. The van der Waals surface area contributed by atoms with Crippen molar-refractivity contribution in [3.8, 4) is 0 Å². The molecule has 2 amide bonds. The highest BCUT2D eigenvalue weighted by Gasteiger charge is 2.30. The van der Waals surface area contributed by atoms with Crippen LogP contribution in [0.2, 0.25) is 0 Å². The van der Waals surface area contributed by atoms with Crippen LogP contribution >= 0.6 is 0 Å². The molecule has 1 aliphatic rings. The standard InChI is InChI=1S/C18H16F2N2O2/c19-12-3-1-11(2-4-12)7-8-21-18(24)15-10-17(23)22-16-9-13(20)5-6-14(15)16/h1-6,9,15H,7-8,10H2,(H,21,24)(H,22,23). The van der Waals surface area contributed by atoms with E-state index in [0.717, 1.165) is 5.56 Å². The van der Waals surface area contributed by atoms with E-state index in [4.69, 9.17) is 0 Å². The lowest BCUT2D eigenvalue weighted by atomic mass is 9.89. The fourth-order valence-corrected chi connectivity index (χ4v) is 2.78. The molecule has 2 aromatic carbocycles. The van der Waals surface area contributed by atoms with Gasteiger partial charge < -0.3 is 10.6 Å². The van der Waals surface area contributed by atoms with Gasteiger partial charge in [-0.2, -0.15) is 0 Å². The second kappa shape index (κ2) is 6.78. The van der Waals surface area contributed by atoms with Crippen molar-refractivity contribution in [2.24, 2.45) is 0 Å². The molecule has 6 heteroatoms. The molecule has 2 aromatic rings. The first-order valence-corrected chi connectivity index (χ1v) is 7.64. The van der Waals surface area contributed by atoms with Crippen molar-refractivity contribution in [2.45, 2.75) is 18.8 Å². The molecule has 0 saturated carbocycles. The lowest BCUT2D eigenvalue weighted by Gasteiger charge is -2.24. The number of anilines is 1. The van der Waals surface area contributed by atoms with Crippen molar-refractivity contribution in [1.82, 2.24) is 5.32 Å². The van der Waals surface area contributed by atoms with Gasteiger partial charge in [0.25, 0.3) is 0 Å². The summed E-state index contributed by atoms with van der Waals surface area (Å²) in [5.74, 6) is -2.00. The molecule has 0 spiro atoms. The van der Waals surface area contributed by atoms with Crippen LogP contribution < -0.4 is 10.6 Å². The average molecular weight is 330 g/mol. The van der Waals surface area contributed by atoms with Crippen LogP contribution in [0.15, 0.2) is 42.5 Å². The molecule has 1 aliphatic heterocycles. The van der Waals surface area contributed by atoms with Crippen LogP contribution in [-0.4, -0.2) is 18.4 Å². The number of hydrogen-bond donors (Lipinski definition) is 2. The van der Waals surface area contributed by atoms with Crippen LogP contribution in [0.3, 0.4) is 0 Å². The van der Waals surface area contributed by atoms with Crippen LogP contribution in [0.1, 0.15) is 23.5 Å². The van der Waals surface area contributed by atoms with Crippen LogP contribution in [-0.2, 0) is 16.0 Å². The molecule has 3 rings (SSSR count). The van der Waals surface area contributed by atoms with E-state index in [2.05, 4.69) is 10.6 Å². The number of fused-ring (bicyclic) bond motifs is 1. The minimum absolute atomic E-state index is 0.0288. The van der Waals surface area contributed by atoms with E-state index in [1.807, 2.05) is 0 Å². The Kier molecular flexibility index (Phi) is 4.55. The summed E-state index contributed by atoms with van der Waals surface area (Å²) in [5, 5.41) is 5.36. The molecule has 0 fully saturated rings. The maximum Gasteiger partial charge on any atom is 0.228 e. The zero-order valence-corrected chi connectivity index (χ0v) is 12.8. The van der Waals surface area contributed by atoms with E-state index in [9.17, 15) is 18.4 Å². The molecule has 0 saturated heterocycles. The molecular weight excluding hydrogens is 314 g/mol. The fourth-order valence-electron chi connectivity index (χ4n) is 2.78. The lowest BCUT2D eigenvalue weighted by Crippen LogP contribution is -2.36. The molecular formula is C18H16F2N2O2. The van der Waals surface area contributed by atoms with Crippen molar-refractivity contribution < 1.29 is 18.4 Å². The quantitative estimate of drug-likeness (QED) is 0.906. The Bertz CT molecular complexity index is 775. The van der Waals surface area contributed by atoms with E-state index >= 15 is 0 Å². The Balaban J connectivity index is 1.65. The highest BCUT2D eigenvalue weighted by Crippen LogP contribution is 2.32. The van der Waals surface area contributed by atoms with Crippen LogP contribution in [0.5, 0.6) is 0 Å². The lowest BCUT2D eigenvalue weighted by molar-refractivity contribution is -0.126. The zero-order chi connectivity index (χ0) is 17.1. The summed E-state index contributed by atoms with van der Waals surface area (Å²) in [6.07, 6.45) is 0.586. The molecule has 0 aromatic heterocycles. The summed E-state index contributed by atoms with van der Waals surface area (Å²) >= 11 is 0. The molecule has 0 aliphatic carbocycles. The number of carbonyl (C=O) groups is 2. The fraction of sp³-hybridized carbons (Fsp3) is 0.222. The Morgan fingerprint density at radius 1 is 1.12 bits per heavy atom.